The van der Waals surface area contributed by atoms with Crippen molar-refractivity contribution in [1.82, 2.24) is 15.6 Å². The Hall–Kier alpha value is -3.12. The summed E-state index contributed by atoms with van der Waals surface area (Å²) < 4.78 is 66.4. The van der Waals surface area contributed by atoms with Crippen molar-refractivity contribution in [1.29, 1.82) is 0 Å². The highest BCUT2D eigenvalue weighted by Gasteiger charge is 2.31. The van der Waals surface area contributed by atoms with E-state index in [0.29, 0.717) is 0 Å². The molecule has 2 rings (SSSR count). The first-order valence-corrected chi connectivity index (χ1v) is 10.0. The first kappa shape index (κ1) is 23.2. The van der Waals surface area contributed by atoms with Crippen molar-refractivity contribution in [2.75, 3.05) is 6.54 Å². The van der Waals surface area contributed by atoms with Crippen molar-refractivity contribution < 1.29 is 35.9 Å². The Morgan fingerprint density at radius 1 is 0.900 bits per heavy atom. The highest BCUT2D eigenvalue weighted by Crippen LogP contribution is 2.23. The Morgan fingerprint density at radius 3 is 2.10 bits per heavy atom. The summed E-state index contributed by atoms with van der Waals surface area (Å²) >= 11 is 0. The SMILES string of the molecule is O=C(CCNS(=O)(=O)c1ccc(OC(F)(F)F)cc1)NNC(=O)Cc1ccccc1. The lowest BCUT2D eigenvalue weighted by molar-refractivity contribution is -0.274. The van der Waals surface area contributed by atoms with Crippen molar-refractivity contribution >= 4 is 21.8 Å². The maximum absolute atomic E-state index is 12.1. The summed E-state index contributed by atoms with van der Waals surface area (Å²) in [6.45, 7) is -0.288. The summed E-state index contributed by atoms with van der Waals surface area (Å²) in [5, 5.41) is 0. The van der Waals surface area contributed by atoms with Crippen LogP contribution >= 0.6 is 0 Å². The van der Waals surface area contributed by atoms with Crippen LogP contribution in [0.3, 0.4) is 0 Å². The van der Waals surface area contributed by atoms with Gasteiger partial charge in [-0.3, -0.25) is 20.4 Å². The van der Waals surface area contributed by atoms with E-state index in [1.165, 1.54) is 0 Å². The second-order valence-electron chi connectivity index (χ2n) is 5.93. The summed E-state index contributed by atoms with van der Waals surface area (Å²) in [6, 6.07) is 12.4. The van der Waals surface area contributed by atoms with Crippen LogP contribution in [-0.4, -0.2) is 33.1 Å². The molecule has 3 N–H and O–H groups in total. The minimum Gasteiger partial charge on any atom is -0.406 e. The van der Waals surface area contributed by atoms with Gasteiger partial charge in [-0.05, 0) is 29.8 Å². The third-order valence-electron chi connectivity index (χ3n) is 3.56. The van der Waals surface area contributed by atoms with Gasteiger partial charge >= 0.3 is 6.36 Å². The van der Waals surface area contributed by atoms with Gasteiger partial charge in [0.15, 0.2) is 0 Å². The lowest BCUT2D eigenvalue weighted by Gasteiger charge is -2.10. The Bertz CT molecular complexity index is 965. The maximum atomic E-state index is 12.1. The molecule has 0 saturated carbocycles. The summed E-state index contributed by atoms with van der Waals surface area (Å²) in [4.78, 5) is 23.1. The fourth-order valence-corrected chi connectivity index (χ4v) is 3.26. The van der Waals surface area contributed by atoms with Gasteiger partial charge in [-0.1, -0.05) is 30.3 Å². The van der Waals surface area contributed by atoms with E-state index >= 15 is 0 Å². The number of ether oxygens (including phenoxy) is 1. The molecule has 30 heavy (non-hydrogen) atoms. The molecule has 0 radical (unpaired) electrons. The quantitative estimate of drug-likeness (QED) is 0.535. The monoisotopic (exact) mass is 445 g/mol. The normalized spacial score (nSPS) is 11.6. The Labute approximate surface area is 170 Å². The van der Waals surface area contributed by atoms with Crippen LogP contribution in [-0.2, 0) is 26.0 Å². The molecule has 0 aliphatic rings. The van der Waals surface area contributed by atoms with Crippen LogP contribution in [0.4, 0.5) is 13.2 Å². The number of alkyl halides is 3. The molecule has 0 saturated heterocycles. The maximum Gasteiger partial charge on any atom is 0.573 e. The summed E-state index contributed by atoms with van der Waals surface area (Å²) in [6.07, 6.45) is -5.11. The number of hydrogen-bond donors (Lipinski definition) is 3. The van der Waals surface area contributed by atoms with E-state index in [-0.39, 0.29) is 24.3 Å². The molecule has 0 aliphatic carbocycles. The average Bonchev–Trinajstić information content (AvgIpc) is 2.66. The standard InChI is InChI=1S/C18H18F3N3O5S/c19-18(20,21)29-14-6-8-15(9-7-14)30(27,28)22-11-10-16(25)23-24-17(26)12-13-4-2-1-3-5-13/h1-9,22H,10-12H2,(H,23,25)(H,24,26). The van der Waals surface area contributed by atoms with Crippen LogP contribution in [0, 0.1) is 0 Å². The highest BCUT2D eigenvalue weighted by atomic mass is 32.2. The molecule has 0 aromatic heterocycles. The zero-order chi connectivity index (χ0) is 22.2. The number of carbonyl (C=O) groups excluding carboxylic acids is 2. The van der Waals surface area contributed by atoms with Crippen molar-refractivity contribution in [3.63, 3.8) is 0 Å². The van der Waals surface area contributed by atoms with E-state index in [4.69, 9.17) is 0 Å². The van der Waals surface area contributed by atoms with E-state index in [1.807, 2.05) is 0 Å². The number of benzene rings is 2. The molecule has 12 heteroatoms. The summed E-state index contributed by atoms with van der Waals surface area (Å²) in [5.41, 5.74) is 5.13. The number of hydrazine groups is 1. The fourth-order valence-electron chi connectivity index (χ4n) is 2.23. The number of carbonyl (C=O) groups is 2. The molecular weight excluding hydrogens is 427 g/mol. The van der Waals surface area contributed by atoms with Crippen LogP contribution in [0.1, 0.15) is 12.0 Å². The zero-order valence-electron chi connectivity index (χ0n) is 15.4. The first-order chi connectivity index (χ1) is 14.0. The van der Waals surface area contributed by atoms with Gasteiger partial charge in [-0.15, -0.1) is 13.2 Å². The van der Waals surface area contributed by atoms with Gasteiger partial charge in [0.2, 0.25) is 21.8 Å². The van der Waals surface area contributed by atoms with E-state index in [0.717, 1.165) is 29.8 Å². The molecule has 2 aromatic carbocycles. The Balaban J connectivity index is 1.75. The highest BCUT2D eigenvalue weighted by molar-refractivity contribution is 7.89. The second-order valence-corrected chi connectivity index (χ2v) is 7.69. The predicted octanol–water partition coefficient (Wildman–Crippen LogP) is 1.64. The molecular formula is C18H18F3N3O5S. The molecule has 2 aromatic rings. The number of nitrogens with one attached hydrogen (secondary N) is 3. The van der Waals surface area contributed by atoms with E-state index < -0.39 is 33.9 Å². The van der Waals surface area contributed by atoms with Gasteiger partial charge in [-0.2, -0.15) is 0 Å². The average molecular weight is 445 g/mol. The summed E-state index contributed by atoms with van der Waals surface area (Å²) in [7, 11) is -4.04. The summed E-state index contributed by atoms with van der Waals surface area (Å²) in [5.74, 6) is -1.64. The number of halogens is 3. The van der Waals surface area contributed by atoms with Gasteiger partial charge in [0.25, 0.3) is 0 Å². The molecule has 0 atom stereocenters. The Morgan fingerprint density at radius 2 is 1.50 bits per heavy atom. The van der Waals surface area contributed by atoms with Gasteiger partial charge in [-0.25, -0.2) is 13.1 Å². The van der Waals surface area contributed by atoms with Crippen LogP contribution in [0.2, 0.25) is 0 Å². The third kappa shape index (κ3) is 8.09. The van der Waals surface area contributed by atoms with E-state index in [2.05, 4.69) is 20.3 Å². The van der Waals surface area contributed by atoms with Gasteiger partial charge in [0.1, 0.15) is 5.75 Å². The molecule has 162 valence electrons. The van der Waals surface area contributed by atoms with Gasteiger partial charge < -0.3 is 4.74 Å². The molecule has 0 heterocycles. The molecule has 8 nitrogen and oxygen atoms in total. The van der Waals surface area contributed by atoms with Crippen LogP contribution in [0.15, 0.2) is 59.5 Å². The Kier molecular flexibility index (Phi) is 7.78. The minimum atomic E-state index is -4.89. The third-order valence-corrected chi connectivity index (χ3v) is 5.04. The van der Waals surface area contributed by atoms with Crippen LogP contribution < -0.4 is 20.3 Å². The first-order valence-electron chi connectivity index (χ1n) is 8.52. The predicted molar refractivity (Wildman–Crippen MR) is 99.4 cm³/mol. The number of hydrogen-bond acceptors (Lipinski definition) is 5. The fraction of sp³-hybridized carbons (Fsp3) is 0.222. The van der Waals surface area contributed by atoms with Crippen molar-refractivity contribution in [2.45, 2.75) is 24.1 Å². The molecule has 0 unspecified atom stereocenters. The smallest absolute Gasteiger partial charge is 0.406 e. The van der Waals surface area contributed by atoms with Crippen LogP contribution in [0.25, 0.3) is 0 Å². The number of sulfonamides is 1. The van der Waals surface area contributed by atoms with Gasteiger partial charge in [0, 0.05) is 13.0 Å². The minimum absolute atomic E-state index is 0.0573. The van der Waals surface area contributed by atoms with E-state index in [1.54, 1.807) is 30.3 Å². The van der Waals surface area contributed by atoms with Crippen molar-refractivity contribution in [2.24, 2.45) is 0 Å². The molecule has 0 aliphatic heterocycles. The van der Waals surface area contributed by atoms with Crippen molar-refractivity contribution in [3.8, 4) is 5.75 Å². The number of amides is 2. The topological polar surface area (TPSA) is 114 Å². The molecule has 0 bridgehead atoms. The molecule has 0 spiro atoms. The van der Waals surface area contributed by atoms with Crippen molar-refractivity contribution in [3.05, 3.63) is 60.2 Å². The largest absolute Gasteiger partial charge is 0.573 e. The zero-order valence-corrected chi connectivity index (χ0v) is 16.2. The molecule has 2 amide bonds. The van der Waals surface area contributed by atoms with E-state index in [9.17, 15) is 31.2 Å². The second kappa shape index (κ2) is 10.1. The van der Waals surface area contributed by atoms with Crippen LogP contribution in [0.5, 0.6) is 5.75 Å². The lowest BCUT2D eigenvalue weighted by atomic mass is 10.1. The molecule has 0 fully saturated rings. The van der Waals surface area contributed by atoms with Gasteiger partial charge in [0.05, 0.1) is 11.3 Å². The lowest BCUT2D eigenvalue weighted by Crippen LogP contribution is -2.43. The number of rotatable bonds is 8.